The molecule has 1 heterocycles. The molecule has 0 aliphatic rings. The molecule has 0 spiro atoms. The second-order valence-electron chi connectivity index (χ2n) is 4.31. The van der Waals surface area contributed by atoms with E-state index in [1.54, 1.807) is 18.0 Å². The van der Waals surface area contributed by atoms with Crippen LogP contribution in [0.2, 0.25) is 0 Å². The lowest BCUT2D eigenvalue weighted by atomic mass is 9.90. The Bertz CT molecular complexity index is 517. The second kappa shape index (κ2) is 5.42. The number of hydrogen-bond acceptors (Lipinski definition) is 4. The largest absolute Gasteiger partial charge is 0.493 e. The Hall–Kier alpha value is -1.85. The maximum absolute atomic E-state index is 11.0. The molecule has 0 radical (unpaired) electrons. The average Bonchev–Trinajstić information content (AvgIpc) is 2.91. The van der Waals surface area contributed by atoms with Gasteiger partial charge in [0.15, 0.2) is 5.75 Å². The molecule has 2 aromatic rings. The first-order valence-electron chi connectivity index (χ1n) is 6.25. The molecule has 0 saturated heterocycles. The van der Waals surface area contributed by atoms with E-state index < -0.39 is 5.60 Å². The van der Waals surface area contributed by atoms with Crippen LogP contribution >= 0.6 is 0 Å². The first kappa shape index (κ1) is 13.6. The highest BCUT2D eigenvalue weighted by molar-refractivity contribution is 5.40. The topological polar surface area (TPSA) is 73.3 Å². The number of aryl methyl sites for hydroxylation is 1. The molecule has 0 bridgehead atoms. The third kappa shape index (κ3) is 2.22. The summed E-state index contributed by atoms with van der Waals surface area (Å²) in [4.78, 5) is 0. The molecule has 19 heavy (non-hydrogen) atoms. The average molecular weight is 261 g/mol. The molecule has 1 unspecified atom stereocenters. The first-order chi connectivity index (χ1) is 9.17. The fourth-order valence-corrected chi connectivity index (χ4v) is 2.24. The molecule has 0 aliphatic carbocycles. The van der Waals surface area contributed by atoms with Gasteiger partial charge in [0, 0.05) is 13.1 Å². The van der Waals surface area contributed by atoms with Gasteiger partial charge in [-0.25, -0.2) is 0 Å². The van der Waals surface area contributed by atoms with Gasteiger partial charge in [0.25, 0.3) is 0 Å². The van der Waals surface area contributed by atoms with Crippen molar-refractivity contribution in [2.24, 2.45) is 5.73 Å². The van der Waals surface area contributed by atoms with E-state index >= 15 is 0 Å². The molecule has 3 N–H and O–H groups in total. The molecule has 1 aromatic carbocycles. The van der Waals surface area contributed by atoms with Gasteiger partial charge in [0.05, 0.1) is 13.3 Å². The van der Waals surface area contributed by atoms with Crippen molar-refractivity contribution in [1.82, 2.24) is 9.78 Å². The summed E-state index contributed by atoms with van der Waals surface area (Å²) in [7, 11) is 1.56. The number of rotatable bonds is 5. The number of nitrogens with zero attached hydrogens (tertiary/aromatic N) is 2. The summed E-state index contributed by atoms with van der Waals surface area (Å²) < 4.78 is 7.01. The zero-order chi connectivity index (χ0) is 13.9. The van der Waals surface area contributed by atoms with E-state index in [9.17, 15) is 5.11 Å². The van der Waals surface area contributed by atoms with Gasteiger partial charge in [-0.15, -0.1) is 0 Å². The number of methoxy groups -OCH3 is 1. The number of ether oxygens (including phenoxy) is 1. The summed E-state index contributed by atoms with van der Waals surface area (Å²) in [6.07, 6.45) is 1.60. The second-order valence-corrected chi connectivity index (χ2v) is 4.31. The monoisotopic (exact) mass is 261 g/mol. The molecule has 0 aliphatic heterocycles. The SMILES string of the molecule is CCn1ncc(OC)c1C(O)(CN)c1ccccc1. The van der Waals surface area contributed by atoms with Crippen LogP contribution in [-0.2, 0) is 12.1 Å². The molecule has 5 nitrogen and oxygen atoms in total. The number of hydrogen-bond donors (Lipinski definition) is 2. The molecule has 102 valence electrons. The Morgan fingerprint density at radius 3 is 2.58 bits per heavy atom. The lowest BCUT2D eigenvalue weighted by Crippen LogP contribution is -2.38. The molecule has 1 aromatic heterocycles. The molecule has 1 atom stereocenters. The molecular weight excluding hydrogens is 242 g/mol. The van der Waals surface area contributed by atoms with E-state index in [-0.39, 0.29) is 6.54 Å². The number of nitrogens with two attached hydrogens (primary N) is 1. The van der Waals surface area contributed by atoms with Crippen molar-refractivity contribution >= 4 is 0 Å². The standard InChI is InChI=1S/C14H19N3O2/c1-3-17-13(12(19-2)9-16-17)14(18,10-15)11-7-5-4-6-8-11/h4-9,18H,3,10,15H2,1-2H3. The van der Waals surface area contributed by atoms with Gasteiger partial charge in [0.1, 0.15) is 11.3 Å². The van der Waals surface area contributed by atoms with Crippen LogP contribution in [0.15, 0.2) is 36.5 Å². The van der Waals surface area contributed by atoms with Crippen LogP contribution in [0, 0.1) is 0 Å². The van der Waals surface area contributed by atoms with Gasteiger partial charge in [0.2, 0.25) is 0 Å². The van der Waals surface area contributed by atoms with Crippen LogP contribution in [-0.4, -0.2) is 28.5 Å². The maximum atomic E-state index is 11.0. The minimum absolute atomic E-state index is 0.0546. The molecule has 0 fully saturated rings. The maximum Gasteiger partial charge on any atom is 0.163 e. The van der Waals surface area contributed by atoms with Crippen molar-refractivity contribution in [3.8, 4) is 5.75 Å². The number of aromatic nitrogens is 2. The summed E-state index contributed by atoms with van der Waals surface area (Å²) in [5.74, 6) is 0.540. The van der Waals surface area contributed by atoms with Gasteiger partial charge >= 0.3 is 0 Å². The molecule has 0 amide bonds. The number of aliphatic hydroxyl groups is 1. The van der Waals surface area contributed by atoms with E-state index in [0.29, 0.717) is 18.0 Å². The van der Waals surface area contributed by atoms with Gasteiger partial charge in [-0.1, -0.05) is 30.3 Å². The van der Waals surface area contributed by atoms with Crippen molar-refractivity contribution in [1.29, 1.82) is 0 Å². The fraction of sp³-hybridized carbons (Fsp3) is 0.357. The summed E-state index contributed by atoms with van der Waals surface area (Å²) in [5.41, 5.74) is 5.84. The van der Waals surface area contributed by atoms with Crippen LogP contribution in [0.1, 0.15) is 18.2 Å². The molecular formula is C14H19N3O2. The predicted molar refractivity (Wildman–Crippen MR) is 72.9 cm³/mol. The van der Waals surface area contributed by atoms with Crippen LogP contribution in [0.4, 0.5) is 0 Å². The van der Waals surface area contributed by atoms with E-state index in [4.69, 9.17) is 10.5 Å². The van der Waals surface area contributed by atoms with Crippen molar-refractivity contribution in [3.63, 3.8) is 0 Å². The summed E-state index contributed by atoms with van der Waals surface area (Å²) in [5, 5.41) is 15.2. The Morgan fingerprint density at radius 2 is 2.05 bits per heavy atom. The van der Waals surface area contributed by atoms with Gasteiger partial charge in [-0.3, -0.25) is 4.68 Å². The zero-order valence-electron chi connectivity index (χ0n) is 11.2. The van der Waals surface area contributed by atoms with Crippen molar-refractivity contribution in [2.45, 2.75) is 19.1 Å². The lowest BCUT2D eigenvalue weighted by Gasteiger charge is -2.28. The lowest BCUT2D eigenvalue weighted by molar-refractivity contribution is 0.0771. The summed E-state index contributed by atoms with van der Waals surface area (Å²) in [6, 6.07) is 9.33. The fourth-order valence-electron chi connectivity index (χ4n) is 2.24. The van der Waals surface area contributed by atoms with Crippen LogP contribution < -0.4 is 10.5 Å². The van der Waals surface area contributed by atoms with E-state index in [1.807, 2.05) is 37.3 Å². The normalized spacial score (nSPS) is 14.1. The van der Waals surface area contributed by atoms with E-state index in [0.717, 1.165) is 5.56 Å². The van der Waals surface area contributed by atoms with E-state index in [2.05, 4.69) is 5.10 Å². The minimum Gasteiger partial charge on any atom is -0.493 e. The van der Waals surface area contributed by atoms with Crippen molar-refractivity contribution in [2.75, 3.05) is 13.7 Å². The number of benzene rings is 1. The van der Waals surface area contributed by atoms with Crippen LogP contribution in [0.3, 0.4) is 0 Å². The molecule has 0 saturated carbocycles. The van der Waals surface area contributed by atoms with Gasteiger partial charge < -0.3 is 15.6 Å². The summed E-state index contributed by atoms with van der Waals surface area (Å²) in [6.45, 7) is 2.64. The smallest absolute Gasteiger partial charge is 0.163 e. The Balaban J connectivity index is 2.62. The first-order valence-corrected chi connectivity index (χ1v) is 6.25. The van der Waals surface area contributed by atoms with Crippen LogP contribution in [0.25, 0.3) is 0 Å². The highest BCUT2D eigenvalue weighted by Crippen LogP contribution is 2.34. The Morgan fingerprint density at radius 1 is 1.37 bits per heavy atom. The van der Waals surface area contributed by atoms with Crippen LogP contribution in [0.5, 0.6) is 5.75 Å². The van der Waals surface area contributed by atoms with Crippen molar-refractivity contribution in [3.05, 3.63) is 47.8 Å². The highest BCUT2D eigenvalue weighted by Gasteiger charge is 2.36. The minimum atomic E-state index is -1.31. The Labute approximate surface area is 112 Å². The van der Waals surface area contributed by atoms with Crippen molar-refractivity contribution < 1.29 is 9.84 Å². The van der Waals surface area contributed by atoms with Gasteiger partial charge in [-0.2, -0.15) is 5.10 Å². The quantitative estimate of drug-likeness (QED) is 0.845. The third-order valence-corrected chi connectivity index (χ3v) is 3.26. The Kier molecular flexibility index (Phi) is 3.87. The highest BCUT2D eigenvalue weighted by atomic mass is 16.5. The van der Waals surface area contributed by atoms with E-state index in [1.165, 1.54) is 0 Å². The van der Waals surface area contributed by atoms with Gasteiger partial charge in [-0.05, 0) is 12.5 Å². The molecule has 5 heteroatoms. The third-order valence-electron chi connectivity index (χ3n) is 3.26. The predicted octanol–water partition coefficient (Wildman–Crippen LogP) is 1.11. The zero-order valence-corrected chi connectivity index (χ0v) is 11.2. The summed E-state index contributed by atoms with van der Waals surface area (Å²) >= 11 is 0. The molecule has 2 rings (SSSR count).